The van der Waals surface area contributed by atoms with Crippen LogP contribution in [0.25, 0.3) is 5.82 Å². The van der Waals surface area contributed by atoms with Crippen molar-refractivity contribution in [2.45, 2.75) is 20.0 Å². The molecule has 2 N–H and O–H groups in total. The molecule has 0 atom stereocenters. The molecule has 1 amide bonds. The van der Waals surface area contributed by atoms with Gasteiger partial charge >= 0.3 is 6.18 Å². The molecule has 2 rings (SSSR count). The van der Waals surface area contributed by atoms with Gasteiger partial charge in [-0.3, -0.25) is 4.79 Å². The van der Waals surface area contributed by atoms with Gasteiger partial charge in [0.1, 0.15) is 0 Å². The smallest absolute Gasteiger partial charge is 0.340 e. The average molecular weight is 356 g/mol. The van der Waals surface area contributed by atoms with Crippen molar-refractivity contribution in [3.05, 3.63) is 35.8 Å². The summed E-state index contributed by atoms with van der Waals surface area (Å²) < 4.78 is 38.8. The van der Waals surface area contributed by atoms with Crippen LogP contribution in [-0.2, 0) is 6.18 Å². The van der Waals surface area contributed by atoms with Gasteiger partial charge in [0.05, 0.1) is 11.8 Å². The molecule has 2 aromatic heterocycles. The van der Waals surface area contributed by atoms with Crippen LogP contribution in [-0.4, -0.2) is 50.9 Å². The Hall–Kier alpha value is -2.49. The molecule has 25 heavy (non-hydrogen) atoms. The van der Waals surface area contributed by atoms with Gasteiger partial charge in [0, 0.05) is 19.8 Å². The maximum Gasteiger partial charge on any atom is 0.417 e. The summed E-state index contributed by atoms with van der Waals surface area (Å²) >= 11 is 0. The van der Waals surface area contributed by atoms with Gasteiger partial charge in [0.15, 0.2) is 11.5 Å². The highest BCUT2D eigenvalue weighted by atomic mass is 19.4. The molecule has 0 saturated carbocycles. The topological polar surface area (TPSA) is 89.9 Å². The predicted octanol–water partition coefficient (Wildman–Crippen LogP) is 1.74. The molecule has 10 heteroatoms. The SMILES string of the molecule is CN(CC(C)(C)CN)C(=O)c1cn(-c2ccc(C(F)(F)F)cn2)nn1. The zero-order chi connectivity index (χ0) is 18.8. The minimum absolute atomic E-state index is 0.0667. The molecule has 0 spiro atoms. The van der Waals surface area contributed by atoms with Crippen LogP contribution in [0.1, 0.15) is 29.9 Å². The summed E-state index contributed by atoms with van der Waals surface area (Å²) in [6.45, 7) is 4.69. The second-order valence-electron chi connectivity index (χ2n) is 6.48. The van der Waals surface area contributed by atoms with Crippen LogP contribution >= 0.6 is 0 Å². The predicted molar refractivity (Wildman–Crippen MR) is 84.0 cm³/mol. The standard InChI is InChI=1S/C15H19F3N6O/c1-14(2,8-19)9-23(3)13(25)11-7-24(22-21-11)12-5-4-10(6-20-12)15(16,17)18/h4-7H,8-9,19H2,1-3H3. The van der Waals surface area contributed by atoms with Crippen molar-refractivity contribution in [1.82, 2.24) is 24.9 Å². The summed E-state index contributed by atoms with van der Waals surface area (Å²) in [5, 5.41) is 7.52. The molecule has 0 aliphatic heterocycles. The van der Waals surface area contributed by atoms with E-state index in [9.17, 15) is 18.0 Å². The van der Waals surface area contributed by atoms with Gasteiger partial charge in [-0.2, -0.15) is 13.2 Å². The molecule has 7 nitrogen and oxygen atoms in total. The molecule has 0 unspecified atom stereocenters. The van der Waals surface area contributed by atoms with E-state index in [2.05, 4.69) is 15.3 Å². The summed E-state index contributed by atoms with van der Waals surface area (Å²) in [6, 6.07) is 2.05. The zero-order valence-corrected chi connectivity index (χ0v) is 14.1. The van der Waals surface area contributed by atoms with Gasteiger partial charge < -0.3 is 10.6 Å². The number of amides is 1. The summed E-state index contributed by atoms with van der Waals surface area (Å²) in [7, 11) is 1.62. The molecule has 136 valence electrons. The number of hydrogen-bond acceptors (Lipinski definition) is 5. The van der Waals surface area contributed by atoms with Crippen LogP contribution in [0.2, 0.25) is 0 Å². The van der Waals surface area contributed by atoms with Crippen molar-refractivity contribution in [2.75, 3.05) is 20.1 Å². The number of nitrogens with two attached hydrogens (primary N) is 1. The Labute approximate surface area is 142 Å². The maximum absolute atomic E-state index is 12.6. The van der Waals surface area contributed by atoms with Gasteiger partial charge in [-0.25, -0.2) is 9.67 Å². The summed E-state index contributed by atoms with van der Waals surface area (Å²) in [6.07, 6.45) is -2.44. The van der Waals surface area contributed by atoms with Crippen molar-refractivity contribution >= 4 is 5.91 Å². The number of rotatable bonds is 5. The number of halogens is 3. The van der Waals surface area contributed by atoms with Crippen LogP contribution in [0.5, 0.6) is 0 Å². The molecule has 0 aliphatic carbocycles. The van der Waals surface area contributed by atoms with E-state index in [1.807, 2.05) is 13.8 Å². The third-order valence-electron chi connectivity index (χ3n) is 3.59. The van der Waals surface area contributed by atoms with E-state index in [0.29, 0.717) is 19.3 Å². The van der Waals surface area contributed by atoms with Gasteiger partial charge in [-0.05, 0) is 24.1 Å². The van der Waals surface area contributed by atoms with Crippen molar-refractivity contribution in [2.24, 2.45) is 11.1 Å². The molecule has 0 aromatic carbocycles. The first-order chi connectivity index (χ1) is 11.5. The van der Waals surface area contributed by atoms with Gasteiger partial charge in [-0.1, -0.05) is 19.1 Å². The van der Waals surface area contributed by atoms with E-state index in [0.717, 1.165) is 16.8 Å². The van der Waals surface area contributed by atoms with E-state index >= 15 is 0 Å². The highest BCUT2D eigenvalue weighted by molar-refractivity contribution is 5.91. The zero-order valence-electron chi connectivity index (χ0n) is 14.1. The third-order valence-corrected chi connectivity index (χ3v) is 3.59. The Morgan fingerprint density at radius 2 is 2.00 bits per heavy atom. The highest BCUT2D eigenvalue weighted by Gasteiger charge is 2.31. The van der Waals surface area contributed by atoms with E-state index in [1.54, 1.807) is 7.05 Å². The Bertz CT molecular complexity index is 738. The molecule has 0 aliphatic rings. The lowest BCUT2D eigenvalue weighted by atomic mass is 9.93. The first-order valence-corrected chi connectivity index (χ1v) is 7.45. The lowest BCUT2D eigenvalue weighted by Gasteiger charge is -2.28. The number of carbonyl (C=O) groups excluding carboxylic acids is 1. The minimum atomic E-state index is -4.46. The fourth-order valence-corrected chi connectivity index (χ4v) is 2.14. The molecule has 0 fully saturated rings. The quantitative estimate of drug-likeness (QED) is 0.881. The minimum Gasteiger partial charge on any atom is -0.340 e. The van der Waals surface area contributed by atoms with Crippen molar-refractivity contribution in [3.8, 4) is 5.82 Å². The van der Waals surface area contributed by atoms with Crippen LogP contribution < -0.4 is 5.73 Å². The van der Waals surface area contributed by atoms with Crippen LogP contribution in [0.3, 0.4) is 0 Å². The van der Waals surface area contributed by atoms with E-state index in [-0.39, 0.29) is 22.8 Å². The number of alkyl halides is 3. The van der Waals surface area contributed by atoms with Crippen LogP contribution in [0, 0.1) is 5.41 Å². The monoisotopic (exact) mass is 356 g/mol. The molecular formula is C15H19F3N6O. The lowest BCUT2D eigenvalue weighted by Crippen LogP contribution is -2.39. The first kappa shape index (κ1) is 18.8. The lowest BCUT2D eigenvalue weighted by molar-refractivity contribution is -0.137. The number of hydrogen-bond donors (Lipinski definition) is 1. The normalized spacial score (nSPS) is 12.3. The third kappa shape index (κ3) is 4.53. The molecule has 0 bridgehead atoms. The number of nitrogens with zero attached hydrogens (tertiary/aromatic N) is 5. The van der Waals surface area contributed by atoms with Crippen molar-refractivity contribution < 1.29 is 18.0 Å². The molecular weight excluding hydrogens is 337 g/mol. The first-order valence-electron chi connectivity index (χ1n) is 7.45. The summed E-state index contributed by atoms with van der Waals surface area (Å²) in [4.78, 5) is 17.5. The van der Waals surface area contributed by atoms with Gasteiger partial charge in [0.2, 0.25) is 0 Å². The van der Waals surface area contributed by atoms with E-state index < -0.39 is 11.7 Å². The molecule has 2 aromatic rings. The highest BCUT2D eigenvalue weighted by Crippen LogP contribution is 2.28. The van der Waals surface area contributed by atoms with Crippen LogP contribution in [0.4, 0.5) is 13.2 Å². The Morgan fingerprint density at radius 1 is 1.32 bits per heavy atom. The fourth-order valence-electron chi connectivity index (χ4n) is 2.14. The van der Waals surface area contributed by atoms with Crippen molar-refractivity contribution in [1.29, 1.82) is 0 Å². The Balaban J connectivity index is 2.15. The van der Waals surface area contributed by atoms with Crippen molar-refractivity contribution in [3.63, 3.8) is 0 Å². The van der Waals surface area contributed by atoms with E-state index in [1.165, 1.54) is 11.1 Å². The largest absolute Gasteiger partial charge is 0.417 e. The Morgan fingerprint density at radius 3 is 2.52 bits per heavy atom. The molecule has 0 saturated heterocycles. The number of pyridine rings is 1. The molecule has 0 radical (unpaired) electrons. The summed E-state index contributed by atoms with van der Waals surface area (Å²) in [5.41, 5.74) is 4.61. The molecule has 2 heterocycles. The second-order valence-corrected chi connectivity index (χ2v) is 6.48. The number of aromatic nitrogens is 4. The van der Waals surface area contributed by atoms with Gasteiger partial charge in [-0.15, -0.1) is 5.10 Å². The van der Waals surface area contributed by atoms with Crippen LogP contribution in [0.15, 0.2) is 24.5 Å². The Kier molecular flexibility index (Phi) is 5.12. The second kappa shape index (κ2) is 6.79. The fraction of sp³-hybridized carbons (Fsp3) is 0.467. The number of carbonyl (C=O) groups is 1. The van der Waals surface area contributed by atoms with E-state index in [4.69, 9.17) is 5.73 Å². The van der Waals surface area contributed by atoms with Gasteiger partial charge in [0.25, 0.3) is 5.91 Å². The summed E-state index contributed by atoms with van der Waals surface area (Å²) in [5.74, 6) is -0.232. The maximum atomic E-state index is 12.6. The average Bonchev–Trinajstić information content (AvgIpc) is 3.03.